The van der Waals surface area contributed by atoms with E-state index in [1.165, 1.54) is 6.07 Å². The highest BCUT2D eigenvalue weighted by atomic mass is 19.1. The molecule has 1 heterocycles. The molecule has 0 spiro atoms. The molecule has 2 aromatic rings. The fourth-order valence-electron chi connectivity index (χ4n) is 3.37. The molecule has 0 saturated heterocycles. The summed E-state index contributed by atoms with van der Waals surface area (Å²) in [5.74, 6) is 1.05. The Bertz CT molecular complexity index is 870. The number of methoxy groups -OCH3 is 2. The summed E-state index contributed by atoms with van der Waals surface area (Å²) < 4.78 is 24.8. The third-order valence-corrected chi connectivity index (χ3v) is 4.94. The van der Waals surface area contributed by atoms with E-state index in [0.717, 1.165) is 23.1 Å². The Balaban J connectivity index is 1.64. The molecule has 0 aromatic heterocycles. The molecule has 0 bridgehead atoms. The summed E-state index contributed by atoms with van der Waals surface area (Å²) in [4.78, 5) is 16.0. The van der Waals surface area contributed by atoms with Crippen molar-refractivity contribution in [2.45, 2.75) is 19.5 Å². The first-order chi connectivity index (χ1) is 13.4. The van der Waals surface area contributed by atoms with Crippen LogP contribution >= 0.6 is 0 Å². The van der Waals surface area contributed by atoms with Crippen molar-refractivity contribution in [3.63, 3.8) is 0 Å². The SMILES string of the molecule is COc1cc2c(cc1OC)CN(C(=O)NCc1ccc(N(C)C)c(F)c1)CC2. The van der Waals surface area contributed by atoms with Crippen molar-refractivity contribution in [1.29, 1.82) is 0 Å². The van der Waals surface area contributed by atoms with E-state index in [1.807, 2.05) is 18.2 Å². The van der Waals surface area contributed by atoms with Gasteiger partial charge in [0.2, 0.25) is 0 Å². The maximum atomic E-state index is 14.1. The van der Waals surface area contributed by atoms with E-state index in [-0.39, 0.29) is 18.4 Å². The Morgan fingerprint density at radius 1 is 1.14 bits per heavy atom. The van der Waals surface area contributed by atoms with Crippen LogP contribution in [-0.4, -0.2) is 45.8 Å². The number of carbonyl (C=O) groups excluding carboxylic acids is 1. The summed E-state index contributed by atoms with van der Waals surface area (Å²) in [5, 5.41) is 2.88. The summed E-state index contributed by atoms with van der Waals surface area (Å²) in [7, 11) is 6.79. The van der Waals surface area contributed by atoms with Crippen molar-refractivity contribution in [3.8, 4) is 11.5 Å². The molecular weight excluding hydrogens is 361 g/mol. The van der Waals surface area contributed by atoms with Gasteiger partial charge in [0.25, 0.3) is 0 Å². The summed E-state index contributed by atoms with van der Waals surface area (Å²) in [5.41, 5.74) is 3.44. The highest BCUT2D eigenvalue weighted by molar-refractivity contribution is 5.74. The molecule has 2 amide bonds. The molecule has 28 heavy (non-hydrogen) atoms. The average molecular weight is 387 g/mol. The van der Waals surface area contributed by atoms with Crippen LogP contribution in [0.15, 0.2) is 30.3 Å². The molecule has 0 aliphatic carbocycles. The Morgan fingerprint density at radius 2 is 1.82 bits per heavy atom. The molecule has 3 rings (SSSR count). The van der Waals surface area contributed by atoms with Gasteiger partial charge in [-0.25, -0.2) is 9.18 Å². The van der Waals surface area contributed by atoms with Crippen molar-refractivity contribution in [2.24, 2.45) is 0 Å². The fourth-order valence-corrected chi connectivity index (χ4v) is 3.37. The van der Waals surface area contributed by atoms with Gasteiger partial charge in [0.1, 0.15) is 5.82 Å². The van der Waals surface area contributed by atoms with Crippen molar-refractivity contribution in [3.05, 3.63) is 52.8 Å². The molecular formula is C21H26FN3O3. The van der Waals surface area contributed by atoms with E-state index < -0.39 is 0 Å². The first-order valence-corrected chi connectivity index (χ1v) is 9.15. The number of amides is 2. The average Bonchev–Trinajstić information content (AvgIpc) is 2.70. The minimum Gasteiger partial charge on any atom is -0.493 e. The zero-order valence-corrected chi connectivity index (χ0v) is 16.7. The standard InChI is InChI=1S/C21H26FN3O3/c1-24(2)18-6-5-14(9-17(18)22)12-23-21(26)25-8-7-15-10-19(27-3)20(28-4)11-16(15)13-25/h5-6,9-11H,7-8,12-13H2,1-4H3,(H,23,26). The summed E-state index contributed by atoms with van der Waals surface area (Å²) in [6.07, 6.45) is 0.745. The second-order valence-corrected chi connectivity index (χ2v) is 6.99. The van der Waals surface area contributed by atoms with Gasteiger partial charge in [0, 0.05) is 33.7 Å². The van der Waals surface area contributed by atoms with Crippen LogP contribution in [0.4, 0.5) is 14.9 Å². The second kappa shape index (κ2) is 8.37. The van der Waals surface area contributed by atoms with Gasteiger partial charge in [-0.2, -0.15) is 0 Å². The van der Waals surface area contributed by atoms with E-state index in [9.17, 15) is 9.18 Å². The van der Waals surface area contributed by atoms with E-state index in [1.54, 1.807) is 44.2 Å². The number of halogens is 1. The van der Waals surface area contributed by atoms with Crippen LogP contribution in [0.25, 0.3) is 0 Å². The maximum absolute atomic E-state index is 14.1. The molecule has 150 valence electrons. The van der Waals surface area contributed by atoms with Crippen LogP contribution in [0.2, 0.25) is 0 Å². The molecule has 0 unspecified atom stereocenters. The lowest BCUT2D eigenvalue weighted by atomic mass is 9.99. The summed E-state index contributed by atoms with van der Waals surface area (Å²) in [6.45, 7) is 1.39. The van der Waals surface area contributed by atoms with Crippen LogP contribution in [0.1, 0.15) is 16.7 Å². The van der Waals surface area contributed by atoms with E-state index in [0.29, 0.717) is 30.3 Å². The molecule has 0 fully saturated rings. The number of carbonyl (C=O) groups is 1. The Morgan fingerprint density at radius 3 is 2.43 bits per heavy atom. The van der Waals surface area contributed by atoms with E-state index in [2.05, 4.69) is 5.32 Å². The lowest BCUT2D eigenvalue weighted by molar-refractivity contribution is 0.191. The highest BCUT2D eigenvalue weighted by Crippen LogP contribution is 2.33. The molecule has 1 aliphatic rings. The Hall–Kier alpha value is -2.96. The number of urea groups is 1. The smallest absolute Gasteiger partial charge is 0.317 e. The molecule has 1 N–H and O–H groups in total. The number of hydrogen-bond donors (Lipinski definition) is 1. The first kappa shape index (κ1) is 19.8. The summed E-state index contributed by atoms with van der Waals surface area (Å²) >= 11 is 0. The second-order valence-electron chi connectivity index (χ2n) is 6.99. The van der Waals surface area contributed by atoms with Crippen molar-refractivity contribution in [1.82, 2.24) is 10.2 Å². The summed E-state index contributed by atoms with van der Waals surface area (Å²) in [6, 6.07) is 8.71. The molecule has 0 atom stereocenters. The van der Waals surface area contributed by atoms with Gasteiger partial charge in [0.15, 0.2) is 11.5 Å². The maximum Gasteiger partial charge on any atom is 0.317 e. The van der Waals surface area contributed by atoms with E-state index in [4.69, 9.17) is 9.47 Å². The minimum atomic E-state index is -0.301. The monoisotopic (exact) mass is 387 g/mol. The predicted octanol–water partition coefficient (Wildman–Crippen LogP) is 3.18. The van der Waals surface area contributed by atoms with Gasteiger partial charge in [-0.05, 0) is 47.4 Å². The third-order valence-electron chi connectivity index (χ3n) is 4.94. The Labute approximate surface area is 164 Å². The zero-order chi connectivity index (χ0) is 20.3. The zero-order valence-electron chi connectivity index (χ0n) is 16.7. The molecule has 0 radical (unpaired) electrons. The van der Waals surface area contributed by atoms with Gasteiger partial charge in [-0.15, -0.1) is 0 Å². The predicted molar refractivity (Wildman–Crippen MR) is 107 cm³/mol. The lowest BCUT2D eigenvalue weighted by Gasteiger charge is -2.29. The largest absolute Gasteiger partial charge is 0.493 e. The number of anilines is 1. The third kappa shape index (κ3) is 4.13. The minimum absolute atomic E-state index is 0.169. The Kier molecular flexibility index (Phi) is 5.92. The first-order valence-electron chi connectivity index (χ1n) is 9.15. The van der Waals surface area contributed by atoms with Crippen LogP contribution in [0, 0.1) is 5.82 Å². The van der Waals surface area contributed by atoms with Gasteiger partial charge in [0.05, 0.1) is 19.9 Å². The van der Waals surface area contributed by atoms with Crippen molar-refractivity contribution < 1.29 is 18.7 Å². The van der Waals surface area contributed by atoms with Crippen molar-refractivity contribution in [2.75, 3.05) is 39.8 Å². The number of hydrogen-bond acceptors (Lipinski definition) is 4. The van der Waals surface area contributed by atoms with Crippen LogP contribution < -0.4 is 19.7 Å². The quantitative estimate of drug-likeness (QED) is 0.856. The number of benzene rings is 2. The number of fused-ring (bicyclic) bond motifs is 1. The van der Waals surface area contributed by atoms with Crippen LogP contribution in [0.5, 0.6) is 11.5 Å². The number of nitrogens with one attached hydrogen (secondary N) is 1. The van der Waals surface area contributed by atoms with E-state index >= 15 is 0 Å². The molecule has 6 nitrogen and oxygen atoms in total. The van der Waals surface area contributed by atoms with Gasteiger partial charge >= 0.3 is 6.03 Å². The highest BCUT2D eigenvalue weighted by Gasteiger charge is 2.22. The van der Waals surface area contributed by atoms with Crippen LogP contribution in [-0.2, 0) is 19.5 Å². The topological polar surface area (TPSA) is 54.0 Å². The lowest BCUT2D eigenvalue weighted by Crippen LogP contribution is -2.42. The number of rotatable bonds is 5. The fraction of sp³-hybridized carbons (Fsp3) is 0.381. The molecule has 0 saturated carbocycles. The van der Waals surface area contributed by atoms with Crippen molar-refractivity contribution >= 4 is 11.7 Å². The number of nitrogens with zero attached hydrogens (tertiary/aromatic N) is 2. The number of ether oxygens (including phenoxy) is 2. The molecule has 1 aliphatic heterocycles. The molecule has 2 aromatic carbocycles. The molecule has 7 heteroatoms. The van der Waals surface area contributed by atoms with Gasteiger partial charge < -0.3 is 24.6 Å². The van der Waals surface area contributed by atoms with Gasteiger partial charge in [-0.1, -0.05) is 6.07 Å². The van der Waals surface area contributed by atoms with Crippen LogP contribution in [0.3, 0.4) is 0 Å². The van der Waals surface area contributed by atoms with Gasteiger partial charge in [-0.3, -0.25) is 0 Å². The normalized spacial score (nSPS) is 13.0.